The predicted octanol–water partition coefficient (Wildman–Crippen LogP) is 6.14. The summed E-state index contributed by atoms with van der Waals surface area (Å²) in [7, 11) is 0. The highest BCUT2D eigenvalue weighted by Crippen LogP contribution is 2.36. The van der Waals surface area contributed by atoms with Crippen LogP contribution in [0.1, 0.15) is 22.3 Å². The molecule has 0 bridgehead atoms. The Hall–Kier alpha value is -1.73. The first kappa shape index (κ1) is 19.6. The fourth-order valence-corrected chi connectivity index (χ4v) is 2.26. The maximum absolute atomic E-state index is 12.8. The molecule has 0 spiro atoms. The summed E-state index contributed by atoms with van der Waals surface area (Å²) in [5, 5.41) is 0.563. The van der Waals surface area contributed by atoms with E-state index in [1.165, 1.54) is 0 Å². The van der Waals surface area contributed by atoms with Gasteiger partial charge in [0.25, 0.3) is 0 Å². The Morgan fingerprint density at radius 2 is 1.28 bits per heavy atom. The van der Waals surface area contributed by atoms with Crippen molar-refractivity contribution in [3.05, 3.63) is 69.7 Å². The van der Waals surface area contributed by atoms with Crippen molar-refractivity contribution in [2.45, 2.75) is 25.4 Å². The van der Waals surface area contributed by atoms with Crippen LogP contribution in [0.2, 0.25) is 5.02 Å². The van der Waals surface area contributed by atoms with Gasteiger partial charge < -0.3 is 4.74 Å². The molecule has 0 radical (unpaired) electrons. The van der Waals surface area contributed by atoms with Crippen molar-refractivity contribution >= 4 is 11.6 Å². The Bertz CT molecular complexity index is 674. The normalized spacial score (nSPS) is 12.4. The number of benzene rings is 2. The molecule has 136 valence electrons. The lowest BCUT2D eigenvalue weighted by molar-refractivity contribution is -0.143. The van der Waals surface area contributed by atoms with Gasteiger partial charge in [-0.25, -0.2) is 0 Å². The van der Waals surface area contributed by atoms with Crippen molar-refractivity contribution in [1.29, 1.82) is 0 Å². The average molecular weight is 383 g/mol. The van der Waals surface area contributed by atoms with E-state index in [4.69, 9.17) is 16.3 Å². The lowest BCUT2D eigenvalue weighted by atomic mass is 10.1. The molecule has 0 heterocycles. The van der Waals surface area contributed by atoms with Crippen LogP contribution in [0.25, 0.3) is 0 Å². The zero-order valence-electron chi connectivity index (χ0n) is 12.7. The van der Waals surface area contributed by atoms with Gasteiger partial charge in [0.05, 0.1) is 24.3 Å². The van der Waals surface area contributed by atoms with Crippen LogP contribution in [0.4, 0.5) is 26.3 Å². The average Bonchev–Trinajstić information content (AvgIpc) is 2.51. The molecule has 2 aromatic rings. The van der Waals surface area contributed by atoms with E-state index in [1.54, 1.807) is 24.3 Å². The molecule has 0 atom stereocenters. The van der Waals surface area contributed by atoms with Gasteiger partial charge in [0.15, 0.2) is 0 Å². The Kier molecular flexibility index (Phi) is 6.00. The molecule has 0 fully saturated rings. The van der Waals surface area contributed by atoms with E-state index in [0.717, 1.165) is 5.56 Å². The first-order chi connectivity index (χ1) is 11.6. The van der Waals surface area contributed by atoms with E-state index >= 15 is 0 Å². The van der Waals surface area contributed by atoms with Gasteiger partial charge >= 0.3 is 12.4 Å². The number of hydrogen-bond acceptors (Lipinski definition) is 1. The van der Waals surface area contributed by atoms with Gasteiger partial charge in [-0.15, -0.1) is 0 Å². The maximum atomic E-state index is 12.8. The monoisotopic (exact) mass is 382 g/mol. The summed E-state index contributed by atoms with van der Waals surface area (Å²) in [5.74, 6) is 0. The van der Waals surface area contributed by atoms with Gasteiger partial charge in [0, 0.05) is 5.02 Å². The maximum Gasteiger partial charge on any atom is 0.416 e. The van der Waals surface area contributed by atoms with E-state index in [1.807, 2.05) is 0 Å². The Morgan fingerprint density at radius 3 is 1.76 bits per heavy atom. The predicted molar refractivity (Wildman–Crippen MR) is 81.3 cm³/mol. The first-order valence-corrected chi connectivity index (χ1v) is 7.54. The summed E-state index contributed by atoms with van der Waals surface area (Å²) in [6, 6.07) is 8.31. The van der Waals surface area contributed by atoms with Gasteiger partial charge in [-0.05, 0) is 47.9 Å². The van der Waals surface area contributed by atoms with Crippen LogP contribution in [-0.4, -0.2) is 6.61 Å². The minimum atomic E-state index is -4.86. The van der Waals surface area contributed by atoms with Crippen LogP contribution >= 0.6 is 11.6 Å². The molecule has 1 nitrogen and oxygen atoms in total. The van der Waals surface area contributed by atoms with Crippen molar-refractivity contribution in [3.8, 4) is 0 Å². The van der Waals surface area contributed by atoms with Crippen molar-refractivity contribution in [2.24, 2.45) is 0 Å². The lowest BCUT2D eigenvalue weighted by Gasteiger charge is -2.14. The number of hydrogen-bond donors (Lipinski definition) is 0. The summed E-state index contributed by atoms with van der Waals surface area (Å²) in [6.07, 6.45) is -9.26. The van der Waals surface area contributed by atoms with Gasteiger partial charge in [-0.1, -0.05) is 23.7 Å². The Labute approximate surface area is 145 Å². The minimum absolute atomic E-state index is 0.0945. The molecule has 0 unspecified atom stereocenters. The molecule has 0 aliphatic heterocycles. The van der Waals surface area contributed by atoms with Crippen LogP contribution in [0, 0.1) is 0 Å². The van der Waals surface area contributed by atoms with Gasteiger partial charge in [-0.2, -0.15) is 26.3 Å². The summed E-state index contributed by atoms with van der Waals surface area (Å²) in [4.78, 5) is 0. The largest absolute Gasteiger partial charge is 0.416 e. The smallest absolute Gasteiger partial charge is 0.376 e. The standard InChI is InChI=1S/C17H13ClF6O/c18-15-3-1-11(2-4-15)5-6-25-10-12-7-13(16(19,20)21)9-14(8-12)17(22,23)24/h1-4,7-9H,5-6,10H2. The van der Waals surface area contributed by atoms with E-state index in [9.17, 15) is 26.3 Å². The minimum Gasteiger partial charge on any atom is -0.376 e. The van der Waals surface area contributed by atoms with E-state index < -0.39 is 23.5 Å². The molecular weight excluding hydrogens is 370 g/mol. The topological polar surface area (TPSA) is 9.23 Å². The highest BCUT2D eigenvalue weighted by Gasteiger charge is 2.36. The SMILES string of the molecule is FC(F)(F)c1cc(COCCc2ccc(Cl)cc2)cc(C(F)(F)F)c1. The second kappa shape index (κ2) is 7.66. The Morgan fingerprint density at radius 1 is 0.760 bits per heavy atom. The Balaban J connectivity index is 2.04. The molecule has 0 aliphatic carbocycles. The second-order valence-electron chi connectivity index (χ2n) is 5.34. The summed E-state index contributed by atoms with van der Waals surface area (Å²) in [6.45, 7) is -0.195. The van der Waals surface area contributed by atoms with Crippen LogP contribution < -0.4 is 0 Å². The van der Waals surface area contributed by atoms with Crippen molar-refractivity contribution in [3.63, 3.8) is 0 Å². The fourth-order valence-electron chi connectivity index (χ4n) is 2.13. The number of rotatable bonds is 5. The van der Waals surface area contributed by atoms with Gasteiger partial charge in [0.2, 0.25) is 0 Å². The third-order valence-electron chi connectivity index (χ3n) is 3.36. The second-order valence-corrected chi connectivity index (χ2v) is 5.78. The highest BCUT2D eigenvalue weighted by atomic mass is 35.5. The van der Waals surface area contributed by atoms with Crippen LogP contribution in [0.3, 0.4) is 0 Å². The lowest BCUT2D eigenvalue weighted by Crippen LogP contribution is -2.12. The summed E-state index contributed by atoms with van der Waals surface area (Å²) >= 11 is 5.74. The molecular formula is C17H13ClF6O. The molecule has 0 saturated carbocycles. The van der Waals surface area contributed by atoms with Crippen molar-refractivity contribution < 1.29 is 31.1 Å². The molecule has 0 aromatic heterocycles. The van der Waals surface area contributed by atoms with Crippen LogP contribution in [0.5, 0.6) is 0 Å². The molecule has 0 amide bonds. The molecule has 0 saturated heterocycles. The molecule has 8 heteroatoms. The van der Waals surface area contributed by atoms with Gasteiger partial charge in [0.1, 0.15) is 0 Å². The number of halogens is 7. The van der Waals surface area contributed by atoms with E-state index in [2.05, 4.69) is 0 Å². The van der Waals surface area contributed by atoms with E-state index in [-0.39, 0.29) is 24.8 Å². The molecule has 2 rings (SSSR count). The fraction of sp³-hybridized carbons (Fsp3) is 0.294. The summed E-state index contributed by atoms with van der Waals surface area (Å²) in [5.41, 5.74) is -1.99. The van der Waals surface area contributed by atoms with Crippen LogP contribution in [-0.2, 0) is 30.1 Å². The number of ether oxygens (including phenoxy) is 1. The molecule has 25 heavy (non-hydrogen) atoms. The number of alkyl halides is 6. The zero-order valence-corrected chi connectivity index (χ0v) is 13.5. The van der Waals surface area contributed by atoms with Gasteiger partial charge in [-0.3, -0.25) is 0 Å². The van der Waals surface area contributed by atoms with E-state index in [0.29, 0.717) is 23.6 Å². The third-order valence-corrected chi connectivity index (χ3v) is 3.62. The molecule has 0 N–H and O–H groups in total. The first-order valence-electron chi connectivity index (χ1n) is 7.16. The van der Waals surface area contributed by atoms with Crippen LogP contribution in [0.15, 0.2) is 42.5 Å². The summed E-state index contributed by atoms with van der Waals surface area (Å²) < 4.78 is 81.8. The zero-order chi connectivity index (χ0) is 18.7. The molecule has 2 aromatic carbocycles. The molecule has 0 aliphatic rings. The third kappa shape index (κ3) is 5.93. The quantitative estimate of drug-likeness (QED) is 0.446. The van der Waals surface area contributed by atoms with Crippen molar-refractivity contribution in [2.75, 3.05) is 6.61 Å². The van der Waals surface area contributed by atoms with Crippen molar-refractivity contribution in [1.82, 2.24) is 0 Å². The highest BCUT2D eigenvalue weighted by molar-refractivity contribution is 6.30.